The number of rotatable bonds is 1. The summed E-state index contributed by atoms with van der Waals surface area (Å²) in [6.07, 6.45) is 1.26. The van der Waals surface area contributed by atoms with E-state index in [0.29, 0.717) is 0 Å². The molecule has 0 fully saturated rings. The second-order valence-electron chi connectivity index (χ2n) is 1.62. The van der Waals surface area contributed by atoms with E-state index in [2.05, 4.69) is 20.9 Å². The second-order valence-corrected chi connectivity index (χ2v) is 4.06. The fraction of sp³-hybridized carbons (Fsp3) is 0.500. The molecule has 1 aliphatic heterocycles. The number of thioether (sulfide) groups is 1. The first-order chi connectivity index (χ1) is 4.24. The van der Waals surface area contributed by atoms with Crippen LogP contribution in [0.2, 0.25) is 0 Å². The standard InChI is InChI=1S/C4H6BrN3S/c5-4-8-2(1-6)3(7)9-4/h1-3,6H,7H2/t2?,3-/m0/s1. The number of nitrogens with two attached hydrogens (primary N) is 1. The van der Waals surface area contributed by atoms with Crippen LogP contribution < -0.4 is 5.73 Å². The Bertz CT molecular complexity index is 158. The molecule has 0 saturated carbocycles. The van der Waals surface area contributed by atoms with Gasteiger partial charge in [-0.25, -0.2) is 0 Å². The van der Waals surface area contributed by atoms with Crippen molar-refractivity contribution in [3.63, 3.8) is 0 Å². The monoisotopic (exact) mass is 207 g/mol. The minimum Gasteiger partial charge on any atom is -0.317 e. The molecule has 9 heavy (non-hydrogen) atoms. The van der Waals surface area contributed by atoms with Gasteiger partial charge in [0, 0.05) is 6.21 Å². The van der Waals surface area contributed by atoms with Gasteiger partial charge < -0.3 is 11.1 Å². The maximum atomic E-state index is 6.87. The van der Waals surface area contributed by atoms with Gasteiger partial charge in [-0.3, -0.25) is 4.99 Å². The average Bonchev–Trinajstić information content (AvgIpc) is 2.10. The summed E-state index contributed by atoms with van der Waals surface area (Å²) in [6.45, 7) is 0. The van der Waals surface area contributed by atoms with E-state index in [-0.39, 0.29) is 11.4 Å². The molecule has 2 atom stereocenters. The molecule has 0 aromatic rings. The van der Waals surface area contributed by atoms with E-state index in [1.807, 2.05) is 0 Å². The first kappa shape index (κ1) is 7.24. The fourth-order valence-electron chi connectivity index (χ4n) is 0.535. The van der Waals surface area contributed by atoms with Gasteiger partial charge in [0.05, 0.1) is 5.37 Å². The summed E-state index contributed by atoms with van der Waals surface area (Å²) in [5.74, 6) is 0. The quantitative estimate of drug-likeness (QED) is 0.625. The maximum Gasteiger partial charge on any atom is 0.136 e. The third kappa shape index (κ3) is 1.53. The van der Waals surface area contributed by atoms with Crippen molar-refractivity contribution in [3.05, 3.63) is 0 Å². The maximum absolute atomic E-state index is 6.87. The Morgan fingerprint density at radius 2 is 2.56 bits per heavy atom. The van der Waals surface area contributed by atoms with E-state index in [1.165, 1.54) is 18.0 Å². The van der Waals surface area contributed by atoms with Crippen molar-refractivity contribution in [2.45, 2.75) is 11.4 Å². The van der Waals surface area contributed by atoms with E-state index < -0.39 is 0 Å². The van der Waals surface area contributed by atoms with Crippen LogP contribution in [0.25, 0.3) is 0 Å². The molecule has 3 nitrogen and oxygen atoms in total. The summed E-state index contributed by atoms with van der Waals surface area (Å²) in [4.78, 5) is 4.02. The number of hydrogen-bond donors (Lipinski definition) is 2. The van der Waals surface area contributed by atoms with E-state index in [0.717, 1.165) is 3.95 Å². The molecule has 0 aliphatic carbocycles. The molecule has 5 heteroatoms. The minimum atomic E-state index is -0.135. The van der Waals surface area contributed by atoms with E-state index in [9.17, 15) is 0 Å². The molecular formula is C4H6BrN3S. The Balaban J connectivity index is 2.63. The molecule has 0 aromatic heterocycles. The van der Waals surface area contributed by atoms with Gasteiger partial charge in [-0.2, -0.15) is 0 Å². The van der Waals surface area contributed by atoms with Gasteiger partial charge in [-0.15, -0.1) is 0 Å². The Morgan fingerprint density at radius 3 is 2.78 bits per heavy atom. The van der Waals surface area contributed by atoms with Crippen LogP contribution in [-0.4, -0.2) is 21.6 Å². The molecule has 1 heterocycles. The second kappa shape index (κ2) is 2.81. The van der Waals surface area contributed by atoms with Crippen molar-refractivity contribution in [2.75, 3.05) is 0 Å². The number of nitrogens with one attached hydrogen (secondary N) is 1. The lowest BCUT2D eigenvalue weighted by atomic mass is 10.3. The van der Waals surface area contributed by atoms with Gasteiger partial charge >= 0.3 is 0 Å². The van der Waals surface area contributed by atoms with Gasteiger partial charge in [-0.1, -0.05) is 11.8 Å². The number of aliphatic imine (C=N–C) groups is 1. The van der Waals surface area contributed by atoms with Crippen LogP contribution in [0.4, 0.5) is 0 Å². The van der Waals surface area contributed by atoms with Crippen LogP contribution in [0, 0.1) is 5.41 Å². The van der Waals surface area contributed by atoms with Crippen molar-refractivity contribution in [3.8, 4) is 0 Å². The normalized spacial score (nSPS) is 34.2. The molecular weight excluding hydrogens is 202 g/mol. The Kier molecular flexibility index (Phi) is 2.26. The lowest BCUT2D eigenvalue weighted by Crippen LogP contribution is -2.27. The molecule has 1 aliphatic rings. The Morgan fingerprint density at radius 1 is 1.89 bits per heavy atom. The summed E-state index contributed by atoms with van der Waals surface area (Å²) >= 11 is 4.64. The van der Waals surface area contributed by atoms with Gasteiger partial charge in [0.2, 0.25) is 0 Å². The smallest absolute Gasteiger partial charge is 0.136 e. The summed E-state index contributed by atoms with van der Waals surface area (Å²) < 4.78 is 0.795. The zero-order valence-corrected chi connectivity index (χ0v) is 6.95. The highest BCUT2D eigenvalue weighted by Gasteiger charge is 2.23. The molecule has 0 radical (unpaired) electrons. The molecule has 0 spiro atoms. The largest absolute Gasteiger partial charge is 0.317 e. The van der Waals surface area contributed by atoms with Gasteiger partial charge in [0.15, 0.2) is 0 Å². The van der Waals surface area contributed by atoms with E-state index >= 15 is 0 Å². The molecule has 0 amide bonds. The third-order valence-electron chi connectivity index (χ3n) is 0.991. The molecule has 0 saturated heterocycles. The Labute approximate surface area is 65.7 Å². The predicted octanol–water partition coefficient (Wildman–Crippen LogP) is 0.787. The van der Waals surface area contributed by atoms with Crippen molar-refractivity contribution >= 4 is 37.9 Å². The van der Waals surface area contributed by atoms with Crippen LogP contribution in [0.3, 0.4) is 0 Å². The van der Waals surface area contributed by atoms with Crippen LogP contribution in [-0.2, 0) is 0 Å². The topological polar surface area (TPSA) is 62.2 Å². The first-order valence-electron chi connectivity index (χ1n) is 2.40. The highest BCUT2D eigenvalue weighted by Crippen LogP contribution is 2.24. The first-order valence-corrected chi connectivity index (χ1v) is 4.07. The number of halogens is 1. The third-order valence-corrected chi connectivity index (χ3v) is 2.61. The summed E-state index contributed by atoms with van der Waals surface area (Å²) in [7, 11) is 0. The summed E-state index contributed by atoms with van der Waals surface area (Å²) in [5.41, 5.74) is 5.55. The highest BCUT2D eigenvalue weighted by molar-refractivity contribution is 9.22. The Hall–Kier alpha value is 0.130. The molecule has 0 bridgehead atoms. The van der Waals surface area contributed by atoms with E-state index in [4.69, 9.17) is 11.1 Å². The summed E-state index contributed by atoms with van der Waals surface area (Å²) in [5, 5.41) is 6.80. The summed E-state index contributed by atoms with van der Waals surface area (Å²) in [6, 6.07) is -0.135. The van der Waals surface area contributed by atoms with Gasteiger partial charge in [0.25, 0.3) is 0 Å². The van der Waals surface area contributed by atoms with Gasteiger partial charge in [-0.05, 0) is 15.9 Å². The van der Waals surface area contributed by atoms with Crippen molar-refractivity contribution in [2.24, 2.45) is 10.7 Å². The van der Waals surface area contributed by atoms with Crippen LogP contribution in [0.5, 0.6) is 0 Å². The minimum absolute atomic E-state index is 0.0723. The lowest BCUT2D eigenvalue weighted by Gasteiger charge is -2.03. The van der Waals surface area contributed by atoms with Crippen LogP contribution >= 0.6 is 27.7 Å². The van der Waals surface area contributed by atoms with E-state index in [1.54, 1.807) is 0 Å². The number of hydrogen-bond acceptors (Lipinski definition) is 4. The van der Waals surface area contributed by atoms with Crippen molar-refractivity contribution in [1.29, 1.82) is 5.41 Å². The molecule has 0 aromatic carbocycles. The molecule has 50 valence electrons. The predicted molar refractivity (Wildman–Crippen MR) is 44.5 cm³/mol. The van der Waals surface area contributed by atoms with Crippen molar-refractivity contribution < 1.29 is 0 Å². The molecule has 3 N–H and O–H groups in total. The SMILES string of the molecule is N=CC1N=C(Br)S[C@@H]1N. The van der Waals surface area contributed by atoms with Crippen LogP contribution in [0.1, 0.15) is 0 Å². The molecule has 1 unspecified atom stereocenters. The van der Waals surface area contributed by atoms with Crippen molar-refractivity contribution in [1.82, 2.24) is 0 Å². The van der Waals surface area contributed by atoms with Gasteiger partial charge in [0.1, 0.15) is 9.99 Å². The molecule has 1 rings (SSSR count). The lowest BCUT2D eigenvalue weighted by molar-refractivity contribution is 0.840. The zero-order chi connectivity index (χ0) is 6.85. The number of nitrogens with zero attached hydrogens (tertiary/aromatic N) is 1. The zero-order valence-electron chi connectivity index (χ0n) is 4.54. The highest BCUT2D eigenvalue weighted by atomic mass is 79.9. The van der Waals surface area contributed by atoms with Crippen LogP contribution in [0.15, 0.2) is 4.99 Å². The average molecular weight is 208 g/mol. The fourth-order valence-corrected chi connectivity index (χ4v) is 2.11.